The summed E-state index contributed by atoms with van der Waals surface area (Å²) in [5, 5.41) is 13.1. The highest BCUT2D eigenvalue weighted by atomic mass is 35.5. The first-order chi connectivity index (χ1) is 25.7. The molecular weight excluding hydrogens is 722 g/mol. The number of carbonyl (C=O) groups is 1. The number of alkyl halides is 2. The van der Waals surface area contributed by atoms with Gasteiger partial charge < -0.3 is 24.1 Å². The minimum Gasteiger partial charge on any atom is -0.496 e. The van der Waals surface area contributed by atoms with E-state index in [9.17, 15) is 4.79 Å². The average molecular weight is 753 g/mol. The number of thiophene rings is 1. The first-order valence-electron chi connectivity index (χ1n) is 17.5. The van der Waals surface area contributed by atoms with Crippen LogP contribution in [0.15, 0.2) is 59.1 Å². The van der Waals surface area contributed by atoms with E-state index >= 15 is 8.78 Å². The van der Waals surface area contributed by atoms with Gasteiger partial charge in [0.25, 0.3) is 11.8 Å². The minimum absolute atomic E-state index is 0.0442. The molecule has 0 spiro atoms. The van der Waals surface area contributed by atoms with Crippen molar-refractivity contribution in [3.63, 3.8) is 0 Å². The van der Waals surface area contributed by atoms with Crippen molar-refractivity contribution in [1.29, 1.82) is 0 Å². The zero-order valence-corrected chi connectivity index (χ0v) is 30.2. The number of methoxy groups -OCH3 is 1. The number of anilines is 1. The molecule has 1 amide bonds. The standard InChI is InChI=1S/C39H31ClF2N6O4S/c1-18-46-47-37(52-18)30-25(13-20-17-51-28-15-21(40)8-9-22(20)28)44-33-26-6-4-12-48(26)38(49)32(33)31(30)29-14-19-10-11-43-36(34(19)53-29)45-35-23-5-3-7-27(50-2)24(23)16-39(35,41)42/h3,5,7-11,14-15,20,26,35H,4,6,12-13,16-17H2,1-2H3,(H,43,45)/t20-,26-,35+/m1/s1. The molecule has 4 aliphatic rings. The number of nitrogens with zero attached hydrogens (tertiary/aromatic N) is 5. The van der Waals surface area contributed by atoms with Crippen molar-refractivity contribution in [3.05, 3.63) is 99.3 Å². The topological polar surface area (TPSA) is 116 Å². The number of aromatic nitrogens is 4. The molecule has 3 aliphatic heterocycles. The summed E-state index contributed by atoms with van der Waals surface area (Å²) in [5.41, 5.74) is 5.17. The van der Waals surface area contributed by atoms with E-state index in [4.69, 9.17) is 30.5 Å². The lowest BCUT2D eigenvalue weighted by Crippen LogP contribution is -2.28. The lowest BCUT2D eigenvalue weighted by Gasteiger charge is -2.22. The van der Waals surface area contributed by atoms with Gasteiger partial charge in [-0.2, -0.15) is 0 Å². The number of nitrogens with one attached hydrogen (secondary N) is 1. The van der Waals surface area contributed by atoms with Crippen molar-refractivity contribution in [1.82, 2.24) is 25.1 Å². The molecule has 0 radical (unpaired) electrons. The Labute approximate surface area is 311 Å². The Balaban J connectivity index is 1.15. The Bertz CT molecular complexity index is 2500. The maximum atomic E-state index is 15.7. The van der Waals surface area contributed by atoms with E-state index in [2.05, 4.69) is 20.5 Å². The van der Waals surface area contributed by atoms with Crippen LogP contribution in [0.5, 0.6) is 11.5 Å². The molecule has 7 heterocycles. The summed E-state index contributed by atoms with van der Waals surface area (Å²) < 4.78 is 49.7. The van der Waals surface area contributed by atoms with Crippen LogP contribution in [0.25, 0.3) is 32.0 Å². The molecule has 1 aliphatic carbocycles. The number of carbonyl (C=O) groups excluding carboxylic acids is 1. The molecule has 53 heavy (non-hydrogen) atoms. The third-order valence-corrected chi connectivity index (χ3v) is 12.3. The van der Waals surface area contributed by atoms with Crippen LogP contribution >= 0.6 is 22.9 Å². The number of benzene rings is 2. The fourth-order valence-electron chi connectivity index (χ4n) is 8.53. The number of halogens is 3. The zero-order chi connectivity index (χ0) is 36.2. The lowest BCUT2D eigenvalue weighted by molar-refractivity contribution is -0.00734. The summed E-state index contributed by atoms with van der Waals surface area (Å²) in [6, 6.07) is 13.2. The van der Waals surface area contributed by atoms with Crippen LogP contribution < -0.4 is 14.8 Å². The second kappa shape index (κ2) is 11.9. The van der Waals surface area contributed by atoms with E-state index in [0.29, 0.717) is 80.3 Å². The normalized spacial score (nSPS) is 20.7. The van der Waals surface area contributed by atoms with Gasteiger partial charge >= 0.3 is 0 Å². The third-order valence-electron chi connectivity index (χ3n) is 10.9. The Kier molecular flexibility index (Phi) is 7.32. The van der Waals surface area contributed by atoms with Gasteiger partial charge in [-0.15, -0.1) is 21.5 Å². The highest BCUT2D eigenvalue weighted by Gasteiger charge is 2.49. The van der Waals surface area contributed by atoms with Crippen LogP contribution in [0, 0.1) is 6.92 Å². The highest BCUT2D eigenvalue weighted by Crippen LogP contribution is 2.53. The molecule has 0 bridgehead atoms. The smallest absolute Gasteiger partial charge is 0.276 e. The summed E-state index contributed by atoms with van der Waals surface area (Å²) in [6.45, 7) is 2.80. The third kappa shape index (κ3) is 5.03. The quantitative estimate of drug-likeness (QED) is 0.171. The summed E-state index contributed by atoms with van der Waals surface area (Å²) in [7, 11) is 1.49. The first-order valence-corrected chi connectivity index (χ1v) is 18.7. The molecule has 6 aromatic rings. The molecule has 3 atom stereocenters. The molecular formula is C39H31ClF2N6O4S. The summed E-state index contributed by atoms with van der Waals surface area (Å²) in [4.78, 5) is 26.8. The van der Waals surface area contributed by atoms with Gasteiger partial charge in [-0.3, -0.25) is 9.78 Å². The van der Waals surface area contributed by atoms with Crippen molar-refractivity contribution in [2.24, 2.45) is 0 Å². The second-order valence-corrected chi connectivity index (χ2v) is 15.5. The van der Waals surface area contributed by atoms with Gasteiger partial charge in [0.05, 0.1) is 47.0 Å². The van der Waals surface area contributed by atoms with Crippen LogP contribution in [0.1, 0.15) is 75.2 Å². The van der Waals surface area contributed by atoms with E-state index < -0.39 is 18.4 Å². The number of hydrogen-bond donors (Lipinski definition) is 1. The lowest BCUT2D eigenvalue weighted by atomic mass is 9.89. The summed E-state index contributed by atoms with van der Waals surface area (Å²) >= 11 is 7.67. The number of ether oxygens (including phenoxy) is 2. The van der Waals surface area contributed by atoms with Gasteiger partial charge in [-0.1, -0.05) is 29.8 Å². The van der Waals surface area contributed by atoms with Gasteiger partial charge in [0.2, 0.25) is 11.8 Å². The van der Waals surface area contributed by atoms with Gasteiger partial charge in [0.15, 0.2) is 0 Å². The van der Waals surface area contributed by atoms with Crippen LogP contribution in [0.2, 0.25) is 5.02 Å². The minimum atomic E-state index is -3.09. The largest absolute Gasteiger partial charge is 0.496 e. The van der Waals surface area contributed by atoms with Crippen molar-refractivity contribution in [3.8, 4) is 33.4 Å². The Morgan fingerprint density at radius 2 is 2.00 bits per heavy atom. The van der Waals surface area contributed by atoms with Crippen molar-refractivity contribution < 1.29 is 27.5 Å². The van der Waals surface area contributed by atoms with Crippen molar-refractivity contribution in [2.75, 3.05) is 25.6 Å². The molecule has 4 aromatic heterocycles. The predicted molar refractivity (Wildman–Crippen MR) is 195 cm³/mol. The Morgan fingerprint density at radius 1 is 1.11 bits per heavy atom. The van der Waals surface area contributed by atoms with E-state index in [0.717, 1.165) is 40.1 Å². The molecule has 14 heteroatoms. The van der Waals surface area contributed by atoms with Gasteiger partial charge in [-0.25, -0.2) is 13.8 Å². The number of hydrogen-bond acceptors (Lipinski definition) is 10. The predicted octanol–water partition coefficient (Wildman–Crippen LogP) is 8.73. The monoisotopic (exact) mass is 752 g/mol. The number of fused-ring (bicyclic) bond motifs is 6. The molecule has 1 N–H and O–H groups in total. The van der Waals surface area contributed by atoms with E-state index in [1.54, 1.807) is 31.3 Å². The van der Waals surface area contributed by atoms with Crippen LogP contribution in [0.4, 0.5) is 14.6 Å². The van der Waals surface area contributed by atoms with E-state index in [1.807, 2.05) is 35.2 Å². The molecule has 268 valence electrons. The zero-order valence-electron chi connectivity index (χ0n) is 28.6. The number of rotatable bonds is 7. The molecule has 10 rings (SSSR count). The SMILES string of the molecule is COc1cccc2c1CC(F)(F)[C@H]2Nc1nccc2cc(-c3c4c(nc(C[C@@H]5COc6cc(Cl)ccc65)c3-c3nnc(C)o3)[C@H]3CCCN3C4=O)sc12. The second-order valence-electron chi connectivity index (χ2n) is 14.0. The number of amides is 1. The van der Waals surface area contributed by atoms with Crippen molar-refractivity contribution >= 4 is 44.7 Å². The molecule has 0 unspecified atom stereocenters. The number of aryl methyl sites for hydroxylation is 1. The van der Waals surface area contributed by atoms with Gasteiger partial charge in [0.1, 0.15) is 23.4 Å². The molecule has 0 saturated carbocycles. The molecule has 1 fully saturated rings. The fraction of sp³-hybridized carbons (Fsp3) is 0.308. The van der Waals surface area contributed by atoms with E-state index in [-0.39, 0.29) is 23.8 Å². The van der Waals surface area contributed by atoms with Crippen LogP contribution in [0.3, 0.4) is 0 Å². The fourth-order valence-corrected chi connectivity index (χ4v) is 9.86. The van der Waals surface area contributed by atoms with Gasteiger partial charge in [-0.05, 0) is 54.1 Å². The first kappa shape index (κ1) is 32.5. The highest BCUT2D eigenvalue weighted by molar-refractivity contribution is 7.23. The van der Waals surface area contributed by atoms with E-state index in [1.165, 1.54) is 18.4 Å². The maximum absolute atomic E-state index is 15.7. The van der Waals surface area contributed by atoms with Crippen LogP contribution in [-0.2, 0) is 12.8 Å². The Hall–Kier alpha value is -5.14. The Morgan fingerprint density at radius 3 is 2.83 bits per heavy atom. The summed E-state index contributed by atoms with van der Waals surface area (Å²) in [6.07, 6.45) is 3.34. The van der Waals surface area contributed by atoms with Crippen LogP contribution in [-0.4, -0.2) is 57.2 Å². The van der Waals surface area contributed by atoms with Crippen molar-refractivity contribution in [2.45, 2.75) is 56.5 Å². The van der Waals surface area contributed by atoms with Gasteiger partial charge in [0, 0.05) is 65.0 Å². The number of pyridine rings is 2. The molecule has 1 saturated heterocycles. The maximum Gasteiger partial charge on any atom is 0.276 e. The molecule has 2 aromatic carbocycles. The average Bonchev–Trinajstić information content (AvgIpc) is 3.99. The summed E-state index contributed by atoms with van der Waals surface area (Å²) in [5.74, 6) is -1.10. The molecule has 10 nitrogen and oxygen atoms in total.